The lowest BCUT2D eigenvalue weighted by Gasteiger charge is -2.21. The van der Waals surface area contributed by atoms with E-state index in [1.54, 1.807) is 0 Å². The summed E-state index contributed by atoms with van der Waals surface area (Å²) in [5, 5.41) is 2.77. The molecule has 1 aromatic carbocycles. The second kappa shape index (κ2) is 5.64. The number of carbonyl (C=O) groups is 1. The molecule has 0 aliphatic rings. The summed E-state index contributed by atoms with van der Waals surface area (Å²) in [6.07, 6.45) is -0.381. The van der Waals surface area contributed by atoms with E-state index in [2.05, 4.69) is 38.2 Å². The summed E-state index contributed by atoms with van der Waals surface area (Å²) in [6.45, 7) is 12.6. The Labute approximate surface area is 116 Å². The van der Waals surface area contributed by atoms with Crippen LogP contribution >= 0.6 is 0 Å². The van der Waals surface area contributed by atoms with Gasteiger partial charge in [0.05, 0.1) is 0 Å². The molecule has 3 heteroatoms. The molecule has 19 heavy (non-hydrogen) atoms. The van der Waals surface area contributed by atoms with E-state index in [1.165, 1.54) is 5.56 Å². The average molecular weight is 263 g/mol. The number of ether oxygens (including phenoxy) is 1. The van der Waals surface area contributed by atoms with Gasteiger partial charge in [-0.3, -0.25) is 0 Å². The Morgan fingerprint density at radius 2 is 1.79 bits per heavy atom. The highest BCUT2D eigenvalue weighted by molar-refractivity contribution is 5.67. The molecule has 0 aliphatic heterocycles. The maximum Gasteiger partial charge on any atom is 0.407 e. The predicted octanol–water partition coefficient (Wildman–Crippen LogP) is 4.01. The molecule has 0 unspecified atom stereocenters. The highest BCUT2D eigenvalue weighted by Gasteiger charge is 2.16. The smallest absolute Gasteiger partial charge is 0.407 e. The fourth-order valence-corrected chi connectivity index (χ4v) is 1.64. The normalized spacial score (nSPS) is 12.1. The lowest BCUT2D eigenvalue weighted by Crippen LogP contribution is -2.32. The first-order chi connectivity index (χ1) is 8.58. The van der Waals surface area contributed by atoms with Crippen molar-refractivity contribution < 1.29 is 9.53 Å². The van der Waals surface area contributed by atoms with Gasteiger partial charge in [-0.2, -0.15) is 0 Å². The minimum atomic E-state index is -0.461. The molecular formula is C16H25NO2. The Hall–Kier alpha value is -1.51. The van der Waals surface area contributed by atoms with E-state index in [-0.39, 0.29) is 11.5 Å². The molecule has 3 nitrogen and oxygen atoms in total. The molecule has 1 amide bonds. The first-order valence-corrected chi connectivity index (χ1v) is 6.64. The Bertz CT molecular complexity index is 439. The summed E-state index contributed by atoms with van der Waals surface area (Å²) in [5.41, 5.74) is 1.99. The Kier molecular flexibility index (Phi) is 4.61. The second-order valence-electron chi connectivity index (χ2n) is 6.81. The Morgan fingerprint density at radius 3 is 2.32 bits per heavy atom. The minimum absolute atomic E-state index is 0.113. The third-order valence-electron chi connectivity index (χ3n) is 2.63. The Morgan fingerprint density at radius 1 is 1.16 bits per heavy atom. The standard InChI is InChI=1S/C16H25NO2/c1-15(2,3)13-9-7-8-12(10-13)11-17-14(18)19-16(4,5)6/h7-10H,11H2,1-6H3,(H,17,18). The van der Waals surface area contributed by atoms with Crippen LogP contribution in [0.25, 0.3) is 0 Å². The van der Waals surface area contributed by atoms with Crippen molar-refractivity contribution in [3.8, 4) is 0 Å². The highest BCUT2D eigenvalue weighted by Crippen LogP contribution is 2.22. The van der Waals surface area contributed by atoms with Gasteiger partial charge in [-0.15, -0.1) is 0 Å². The molecule has 0 aliphatic carbocycles. The largest absolute Gasteiger partial charge is 0.444 e. The van der Waals surface area contributed by atoms with Gasteiger partial charge in [0.1, 0.15) is 5.60 Å². The summed E-state index contributed by atoms with van der Waals surface area (Å²) in [7, 11) is 0. The molecule has 1 aromatic rings. The highest BCUT2D eigenvalue weighted by atomic mass is 16.6. The molecule has 0 saturated carbocycles. The van der Waals surface area contributed by atoms with Gasteiger partial charge in [0.15, 0.2) is 0 Å². The lowest BCUT2D eigenvalue weighted by atomic mass is 9.86. The maximum absolute atomic E-state index is 11.6. The van der Waals surface area contributed by atoms with Crippen LogP contribution in [-0.2, 0) is 16.7 Å². The van der Waals surface area contributed by atoms with Crippen LogP contribution in [0.15, 0.2) is 24.3 Å². The fourth-order valence-electron chi connectivity index (χ4n) is 1.64. The van der Waals surface area contributed by atoms with Crippen LogP contribution < -0.4 is 5.32 Å². The van der Waals surface area contributed by atoms with E-state index in [1.807, 2.05) is 32.9 Å². The van der Waals surface area contributed by atoms with Crippen LogP contribution in [-0.4, -0.2) is 11.7 Å². The SMILES string of the molecule is CC(C)(C)OC(=O)NCc1cccc(C(C)(C)C)c1. The van der Waals surface area contributed by atoms with Crippen molar-refractivity contribution >= 4 is 6.09 Å². The van der Waals surface area contributed by atoms with Crippen molar-refractivity contribution in [3.63, 3.8) is 0 Å². The first-order valence-electron chi connectivity index (χ1n) is 6.64. The number of nitrogens with one attached hydrogen (secondary N) is 1. The number of carbonyl (C=O) groups excluding carboxylic acids is 1. The van der Waals surface area contributed by atoms with Crippen LogP contribution in [0, 0.1) is 0 Å². The number of amides is 1. The molecule has 0 bridgehead atoms. The van der Waals surface area contributed by atoms with Gasteiger partial charge in [-0.1, -0.05) is 45.0 Å². The molecule has 0 saturated heterocycles. The van der Waals surface area contributed by atoms with Gasteiger partial charge in [0.25, 0.3) is 0 Å². The average Bonchev–Trinajstić information content (AvgIpc) is 2.23. The second-order valence-corrected chi connectivity index (χ2v) is 6.81. The molecule has 0 spiro atoms. The topological polar surface area (TPSA) is 38.3 Å². The van der Waals surface area contributed by atoms with Crippen molar-refractivity contribution in [3.05, 3.63) is 35.4 Å². The molecule has 0 fully saturated rings. The summed E-state index contributed by atoms with van der Waals surface area (Å²) >= 11 is 0. The summed E-state index contributed by atoms with van der Waals surface area (Å²) in [4.78, 5) is 11.6. The van der Waals surface area contributed by atoms with E-state index in [0.717, 1.165) is 5.56 Å². The zero-order valence-corrected chi connectivity index (χ0v) is 12.8. The molecule has 0 heterocycles. The number of hydrogen-bond acceptors (Lipinski definition) is 2. The van der Waals surface area contributed by atoms with Crippen molar-refractivity contribution in [2.24, 2.45) is 0 Å². The van der Waals surface area contributed by atoms with E-state index < -0.39 is 5.60 Å². The van der Waals surface area contributed by atoms with Crippen LogP contribution in [0.1, 0.15) is 52.7 Å². The van der Waals surface area contributed by atoms with Gasteiger partial charge < -0.3 is 10.1 Å². The molecule has 0 atom stereocenters. The number of hydrogen-bond donors (Lipinski definition) is 1. The van der Waals surface area contributed by atoms with Gasteiger partial charge in [-0.05, 0) is 37.3 Å². The molecule has 1 N–H and O–H groups in total. The third-order valence-corrected chi connectivity index (χ3v) is 2.63. The third kappa shape index (κ3) is 5.77. The quantitative estimate of drug-likeness (QED) is 0.875. The van der Waals surface area contributed by atoms with Gasteiger partial charge in [-0.25, -0.2) is 4.79 Å². The van der Waals surface area contributed by atoms with E-state index in [9.17, 15) is 4.79 Å². The van der Waals surface area contributed by atoms with Gasteiger partial charge in [0.2, 0.25) is 0 Å². The minimum Gasteiger partial charge on any atom is -0.444 e. The van der Waals surface area contributed by atoms with Crippen LogP contribution in [0.4, 0.5) is 4.79 Å². The van der Waals surface area contributed by atoms with Crippen molar-refractivity contribution in [1.29, 1.82) is 0 Å². The zero-order valence-electron chi connectivity index (χ0n) is 12.8. The molecule has 0 radical (unpaired) electrons. The zero-order chi connectivity index (χ0) is 14.7. The van der Waals surface area contributed by atoms with Crippen LogP contribution in [0.5, 0.6) is 0 Å². The number of benzene rings is 1. The molecule has 1 rings (SSSR count). The van der Waals surface area contributed by atoms with Gasteiger partial charge >= 0.3 is 6.09 Å². The van der Waals surface area contributed by atoms with Crippen LogP contribution in [0.2, 0.25) is 0 Å². The van der Waals surface area contributed by atoms with Crippen molar-refractivity contribution in [2.45, 2.75) is 59.1 Å². The molecular weight excluding hydrogens is 238 g/mol. The van der Waals surface area contributed by atoms with Crippen molar-refractivity contribution in [2.75, 3.05) is 0 Å². The number of alkyl carbamates (subject to hydrolysis) is 1. The summed E-state index contributed by atoms with van der Waals surface area (Å²) in [5.74, 6) is 0. The van der Waals surface area contributed by atoms with Crippen LogP contribution in [0.3, 0.4) is 0 Å². The molecule has 106 valence electrons. The number of rotatable bonds is 2. The van der Waals surface area contributed by atoms with E-state index >= 15 is 0 Å². The van der Waals surface area contributed by atoms with E-state index in [4.69, 9.17) is 4.74 Å². The van der Waals surface area contributed by atoms with Crippen molar-refractivity contribution in [1.82, 2.24) is 5.32 Å². The monoisotopic (exact) mass is 263 g/mol. The van der Waals surface area contributed by atoms with Gasteiger partial charge in [0, 0.05) is 6.54 Å². The first kappa shape index (κ1) is 15.5. The summed E-state index contributed by atoms with van der Waals surface area (Å²) < 4.78 is 5.21. The maximum atomic E-state index is 11.6. The fraction of sp³-hybridized carbons (Fsp3) is 0.562. The summed E-state index contributed by atoms with van der Waals surface area (Å²) in [6, 6.07) is 8.26. The predicted molar refractivity (Wildman–Crippen MR) is 78.2 cm³/mol. The molecule has 0 aromatic heterocycles. The Balaban J connectivity index is 2.62. The van der Waals surface area contributed by atoms with E-state index in [0.29, 0.717) is 6.54 Å². The lowest BCUT2D eigenvalue weighted by molar-refractivity contribution is 0.0523.